The second-order valence-corrected chi connectivity index (χ2v) is 9.00. The predicted octanol–water partition coefficient (Wildman–Crippen LogP) is 2.75. The lowest BCUT2D eigenvalue weighted by Gasteiger charge is -2.37. The topological polar surface area (TPSA) is 79.5 Å². The van der Waals surface area contributed by atoms with Crippen molar-refractivity contribution in [2.75, 3.05) is 31.1 Å². The van der Waals surface area contributed by atoms with E-state index in [1.807, 2.05) is 25.1 Å². The molecule has 7 nitrogen and oxygen atoms in total. The molecular formula is C20H24N4O3S. The Morgan fingerprint density at radius 1 is 1.11 bits per heavy atom. The minimum Gasteiger partial charge on any atom is -0.368 e. The average molecular weight is 401 g/mol. The van der Waals surface area contributed by atoms with Gasteiger partial charge >= 0.3 is 0 Å². The Balaban J connectivity index is 1.59. The van der Waals surface area contributed by atoms with Gasteiger partial charge in [-0.3, -0.25) is 4.98 Å². The molecule has 1 aromatic carbocycles. The van der Waals surface area contributed by atoms with Gasteiger partial charge in [0.1, 0.15) is 12.0 Å². The fourth-order valence-electron chi connectivity index (χ4n) is 3.92. The maximum atomic E-state index is 12.7. The van der Waals surface area contributed by atoms with Crippen LogP contribution in [0.5, 0.6) is 0 Å². The third kappa shape index (κ3) is 3.49. The molecule has 3 aromatic rings. The first kappa shape index (κ1) is 18.9. The molecule has 1 aliphatic heterocycles. The Morgan fingerprint density at radius 3 is 2.54 bits per heavy atom. The van der Waals surface area contributed by atoms with Gasteiger partial charge in [-0.1, -0.05) is 30.3 Å². The van der Waals surface area contributed by atoms with Crippen molar-refractivity contribution in [3.05, 3.63) is 53.5 Å². The van der Waals surface area contributed by atoms with E-state index in [0.29, 0.717) is 31.9 Å². The van der Waals surface area contributed by atoms with Gasteiger partial charge in [-0.2, -0.15) is 4.31 Å². The lowest BCUT2D eigenvalue weighted by atomic mass is 10.0. The minimum atomic E-state index is -3.41. The molecule has 148 valence electrons. The van der Waals surface area contributed by atoms with Crippen molar-refractivity contribution < 1.29 is 12.9 Å². The van der Waals surface area contributed by atoms with Crippen LogP contribution in [0.3, 0.4) is 0 Å². The SMILES string of the molecule is CCc1c(C)nc2ccccc2c1N1CCN(S(=O)(=O)Cc2ccon2)CC1. The number of sulfonamides is 1. The molecule has 0 aliphatic carbocycles. The highest BCUT2D eigenvalue weighted by Gasteiger charge is 2.29. The monoisotopic (exact) mass is 400 g/mol. The fourth-order valence-corrected chi connectivity index (χ4v) is 5.34. The van der Waals surface area contributed by atoms with E-state index in [0.717, 1.165) is 23.0 Å². The zero-order valence-electron chi connectivity index (χ0n) is 16.1. The normalized spacial score (nSPS) is 16.0. The lowest BCUT2D eigenvalue weighted by molar-refractivity contribution is 0.381. The van der Waals surface area contributed by atoms with Crippen molar-refractivity contribution in [2.45, 2.75) is 26.0 Å². The standard InChI is InChI=1S/C20H24N4O3S/c1-3-17-15(2)21-19-7-5-4-6-18(19)20(17)23-9-11-24(12-10-23)28(25,26)14-16-8-13-27-22-16/h4-8,13H,3,9-12,14H2,1-2H3. The van der Waals surface area contributed by atoms with Gasteiger partial charge in [0, 0.05) is 43.3 Å². The molecule has 3 heterocycles. The van der Waals surface area contributed by atoms with Crippen LogP contribution in [0.25, 0.3) is 10.9 Å². The van der Waals surface area contributed by atoms with Crippen LogP contribution in [-0.2, 0) is 22.2 Å². The largest absolute Gasteiger partial charge is 0.368 e. The summed E-state index contributed by atoms with van der Waals surface area (Å²) in [5.74, 6) is -0.124. The fraction of sp³-hybridized carbons (Fsp3) is 0.400. The Kier molecular flexibility index (Phi) is 5.07. The number of fused-ring (bicyclic) bond motifs is 1. The van der Waals surface area contributed by atoms with Crippen LogP contribution in [0.2, 0.25) is 0 Å². The highest BCUT2D eigenvalue weighted by molar-refractivity contribution is 7.88. The molecule has 1 fully saturated rings. The van der Waals surface area contributed by atoms with Crippen LogP contribution >= 0.6 is 0 Å². The van der Waals surface area contributed by atoms with E-state index in [-0.39, 0.29) is 5.75 Å². The van der Waals surface area contributed by atoms with Gasteiger partial charge in [0.15, 0.2) is 0 Å². The Bertz CT molecular complexity index is 1070. The van der Waals surface area contributed by atoms with Crippen LogP contribution in [0.1, 0.15) is 23.9 Å². The van der Waals surface area contributed by atoms with E-state index >= 15 is 0 Å². The summed E-state index contributed by atoms with van der Waals surface area (Å²) < 4.78 is 31.7. The molecule has 8 heteroatoms. The zero-order valence-corrected chi connectivity index (χ0v) is 16.9. The Hall–Kier alpha value is -2.45. The minimum absolute atomic E-state index is 0.124. The number of aromatic nitrogens is 2. The highest BCUT2D eigenvalue weighted by Crippen LogP contribution is 2.33. The number of para-hydroxylation sites is 1. The predicted molar refractivity (Wildman–Crippen MR) is 109 cm³/mol. The van der Waals surface area contributed by atoms with Gasteiger partial charge in [0.2, 0.25) is 10.0 Å². The number of piperazine rings is 1. The van der Waals surface area contributed by atoms with Gasteiger partial charge in [-0.05, 0) is 25.0 Å². The molecule has 2 aromatic heterocycles. The number of nitrogens with zero attached hydrogens (tertiary/aromatic N) is 4. The number of anilines is 1. The third-order valence-electron chi connectivity index (χ3n) is 5.29. The van der Waals surface area contributed by atoms with E-state index in [1.165, 1.54) is 17.5 Å². The number of rotatable bonds is 5. The van der Waals surface area contributed by atoms with Crippen molar-refractivity contribution >= 4 is 26.6 Å². The number of hydrogen-bond acceptors (Lipinski definition) is 6. The number of benzene rings is 1. The van der Waals surface area contributed by atoms with Crippen LogP contribution in [-0.4, -0.2) is 49.0 Å². The summed E-state index contributed by atoms with van der Waals surface area (Å²) in [6, 6.07) is 9.75. The maximum absolute atomic E-state index is 12.7. The van der Waals surface area contributed by atoms with E-state index in [1.54, 1.807) is 10.4 Å². The summed E-state index contributed by atoms with van der Waals surface area (Å²) in [4.78, 5) is 7.05. The summed E-state index contributed by atoms with van der Waals surface area (Å²) >= 11 is 0. The van der Waals surface area contributed by atoms with Gasteiger partial charge in [-0.15, -0.1) is 0 Å². The molecule has 0 spiro atoms. The molecule has 0 bridgehead atoms. The molecule has 1 saturated heterocycles. The summed E-state index contributed by atoms with van der Waals surface area (Å²) in [5, 5.41) is 4.86. The van der Waals surface area contributed by atoms with E-state index in [9.17, 15) is 8.42 Å². The first-order valence-corrected chi connectivity index (χ1v) is 11.1. The first-order valence-electron chi connectivity index (χ1n) is 9.50. The number of hydrogen-bond donors (Lipinski definition) is 0. The Labute approximate surface area is 165 Å². The molecule has 0 saturated carbocycles. The average Bonchev–Trinajstić information content (AvgIpc) is 3.19. The van der Waals surface area contributed by atoms with Crippen LogP contribution < -0.4 is 4.90 Å². The van der Waals surface area contributed by atoms with Gasteiger partial charge in [-0.25, -0.2) is 8.42 Å². The van der Waals surface area contributed by atoms with Crippen LogP contribution in [0.15, 0.2) is 41.1 Å². The highest BCUT2D eigenvalue weighted by atomic mass is 32.2. The van der Waals surface area contributed by atoms with Crippen molar-refractivity contribution in [2.24, 2.45) is 0 Å². The molecule has 0 unspecified atom stereocenters. The Morgan fingerprint density at radius 2 is 1.86 bits per heavy atom. The quantitative estimate of drug-likeness (QED) is 0.655. The van der Waals surface area contributed by atoms with Gasteiger partial charge < -0.3 is 9.42 Å². The molecular weight excluding hydrogens is 376 g/mol. The van der Waals surface area contributed by atoms with Crippen molar-refractivity contribution in [1.82, 2.24) is 14.4 Å². The summed E-state index contributed by atoms with van der Waals surface area (Å²) in [6.07, 6.45) is 2.29. The second kappa shape index (κ2) is 7.52. The van der Waals surface area contributed by atoms with E-state index < -0.39 is 10.0 Å². The van der Waals surface area contributed by atoms with Crippen molar-refractivity contribution in [1.29, 1.82) is 0 Å². The number of aryl methyl sites for hydroxylation is 1. The molecule has 0 N–H and O–H groups in total. The first-order chi connectivity index (χ1) is 13.5. The second-order valence-electron chi connectivity index (χ2n) is 7.03. The summed E-state index contributed by atoms with van der Waals surface area (Å²) in [5.41, 5.74) is 4.88. The number of pyridine rings is 1. The summed E-state index contributed by atoms with van der Waals surface area (Å²) in [7, 11) is -3.41. The molecule has 0 amide bonds. The van der Waals surface area contributed by atoms with Gasteiger partial charge in [0.05, 0.1) is 16.9 Å². The molecule has 1 aliphatic rings. The van der Waals surface area contributed by atoms with Gasteiger partial charge in [0.25, 0.3) is 0 Å². The van der Waals surface area contributed by atoms with Crippen LogP contribution in [0.4, 0.5) is 5.69 Å². The maximum Gasteiger partial charge on any atom is 0.220 e. The molecule has 28 heavy (non-hydrogen) atoms. The van der Waals surface area contributed by atoms with Crippen LogP contribution in [0, 0.1) is 6.92 Å². The third-order valence-corrected chi connectivity index (χ3v) is 7.11. The molecule has 4 rings (SSSR count). The summed E-state index contributed by atoms with van der Waals surface area (Å²) in [6.45, 7) is 6.41. The van der Waals surface area contributed by atoms with Crippen molar-refractivity contribution in [3.8, 4) is 0 Å². The molecule has 0 atom stereocenters. The smallest absolute Gasteiger partial charge is 0.220 e. The van der Waals surface area contributed by atoms with Crippen molar-refractivity contribution in [3.63, 3.8) is 0 Å². The molecule has 0 radical (unpaired) electrons. The zero-order chi connectivity index (χ0) is 19.7. The lowest BCUT2D eigenvalue weighted by Crippen LogP contribution is -2.49. The van der Waals surface area contributed by atoms with E-state index in [4.69, 9.17) is 9.51 Å². The van der Waals surface area contributed by atoms with E-state index in [2.05, 4.69) is 23.0 Å².